The van der Waals surface area contributed by atoms with Gasteiger partial charge in [0.25, 0.3) is 0 Å². The molecule has 0 saturated carbocycles. The zero-order valence-electron chi connectivity index (χ0n) is 10.6. The molecule has 0 unspecified atom stereocenters. The van der Waals surface area contributed by atoms with E-state index in [2.05, 4.69) is 5.32 Å². The number of carboxylic acids is 1. The van der Waals surface area contributed by atoms with Crippen LogP contribution in [0.1, 0.15) is 15.9 Å². The zero-order chi connectivity index (χ0) is 15.4. The first-order chi connectivity index (χ1) is 10.0. The lowest BCUT2D eigenvalue weighted by Crippen LogP contribution is -2.05. The molecule has 0 bridgehead atoms. The second-order valence-corrected chi connectivity index (χ2v) is 4.08. The van der Waals surface area contributed by atoms with Crippen LogP contribution in [0, 0.1) is 21.4 Å². The van der Waals surface area contributed by atoms with E-state index in [1.165, 1.54) is 18.2 Å². The Morgan fingerprint density at radius 1 is 1.29 bits per heavy atom. The highest BCUT2D eigenvalue weighted by Crippen LogP contribution is 2.31. The highest BCUT2D eigenvalue weighted by molar-refractivity contribution is 5.96. The smallest absolute Gasteiger partial charge is 0.342 e. The molecule has 0 spiro atoms. The average molecular weight is 283 g/mol. The van der Waals surface area contributed by atoms with Gasteiger partial charge in [-0.3, -0.25) is 10.1 Å². The fraction of sp³-hybridized carbons (Fsp3) is 0. The number of para-hydroxylation sites is 1. The molecule has 0 fully saturated rings. The molecule has 104 valence electrons. The van der Waals surface area contributed by atoms with Gasteiger partial charge in [-0.1, -0.05) is 12.1 Å². The van der Waals surface area contributed by atoms with Gasteiger partial charge in [-0.25, -0.2) is 4.79 Å². The third-order valence-corrected chi connectivity index (χ3v) is 2.72. The van der Waals surface area contributed by atoms with E-state index in [0.717, 1.165) is 6.07 Å². The molecule has 0 atom stereocenters. The highest BCUT2D eigenvalue weighted by atomic mass is 16.6. The standard InChI is InChI=1S/C14H9N3O4/c15-8-9-3-1-4-10(7-9)16-12-6-2-5-11(14(18)19)13(12)17(20)21/h1-7,16H,(H,18,19). The summed E-state index contributed by atoms with van der Waals surface area (Å²) in [5.74, 6) is -1.38. The Hall–Kier alpha value is -3.40. The summed E-state index contributed by atoms with van der Waals surface area (Å²) in [5.41, 5.74) is -0.0273. The van der Waals surface area contributed by atoms with Crippen LogP contribution in [0.5, 0.6) is 0 Å². The van der Waals surface area contributed by atoms with Crippen LogP contribution in [0.3, 0.4) is 0 Å². The van der Waals surface area contributed by atoms with Crippen molar-refractivity contribution in [2.45, 2.75) is 0 Å². The van der Waals surface area contributed by atoms with Crippen LogP contribution in [0.15, 0.2) is 42.5 Å². The van der Waals surface area contributed by atoms with Gasteiger partial charge in [0.05, 0.1) is 16.6 Å². The summed E-state index contributed by atoms with van der Waals surface area (Å²) in [4.78, 5) is 21.4. The lowest BCUT2D eigenvalue weighted by molar-refractivity contribution is -0.384. The molecule has 0 aliphatic heterocycles. The molecule has 0 saturated heterocycles. The van der Waals surface area contributed by atoms with Crippen molar-refractivity contribution in [3.8, 4) is 6.07 Å². The number of carbonyl (C=O) groups is 1. The normalized spacial score (nSPS) is 9.67. The van der Waals surface area contributed by atoms with Crippen LogP contribution in [0.25, 0.3) is 0 Å². The first kappa shape index (κ1) is 14.0. The maximum atomic E-state index is 11.1. The summed E-state index contributed by atoms with van der Waals surface area (Å²) in [6.07, 6.45) is 0. The number of benzene rings is 2. The third-order valence-electron chi connectivity index (χ3n) is 2.72. The first-order valence-electron chi connectivity index (χ1n) is 5.81. The Balaban J connectivity index is 2.49. The number of rotatable bonds is 4. The molecule has 21 heavy (non-hydrogen) atoms. The van der Waals surface area contributed by atoms with Crippen molar-refractivity contribution in [3.63, 3.8) is 0 Å². The maximum absolute atomic E-state index is 11.1. The van der Waals surface area contributed by atoms with Gasteiger partial charge in [0, 0.05) is 5.69 Å². The number of aromatic carboxylic acids is 1. The summed E-state index contributed by atoms with van der Waals surface area (Å²) in [6.45, 7) is 0. The van der Waals surface area contributed by atoms with Crippen molar-refractivity contribution in [1.29, 1.82) is 5.26 Å². The molecule has 7 heteroatoms. The highest BCUT2D eigenvalue weighted by Gasteiger charge is 2.24. The van der Waals surface area contributed by atoms with Gasteiger partial charge in [0.15, 0.2) is 0 Å². The molecule has 0 aromatic heterocycles. The molecule has 0 aliphatic carbocycles. The van der Waals surface area contributed by atoms with Crippen LogP contribution in [0.4, 0.5) is 17.1 Å². The van der Waals surface area contributed by atoms with Gasteiger partial charge in [-0.05, 0) is 30.3 Å². The van der Waals surface area contributed by atoms with Crippen LogP contribution in [-0.4, -0.2) is 16.0 Å². The quantitative estimate of drug-likeness (QED) is 0.658. The first-order valence-corrected chi connectivity index (χ1v) is 5.81. The number of anilines is 2. The fourth-order valence-corrected chi connectivity index (χ4v) is 1.84. The maximum Gasteiger partial charge on any atom is 0.342 e. The Kier molecular flexibility index (Phi) is 3.81. The van der Waals surface area contributed by atoms with Crippen molar-refractivity contribution >= 4 is 23.0 Å². The van der Waals surface area contributed by atoms with Gasteiger partial charge in [0.2, 0.25) is 0 Å². The van der Waals surface area contributed by atoms with E-state index in [1.807, 2.05) is 6.07 Å². The molecule has 7 nitrogen and oxygen atoms in total. The second-order valence-electron chi connectivity index (χ2n) is 4.08. The SMILES string of the molecule is N#Cc1cccc(Nc2cccc(C(=O)O)c2[N+](=O)[O-])c1. The topological polar surface area (TPSA) is 116 Å². The van der Waals surface area contributed by atoms with Gasteiger partial charge in [-0.15, -0.1) is 0 Å². The Morgan fingerprint density at radius 2 is 2.00 bits per heavy atom. The van der Waals surface area contributed by atoms with Crippen molar-refractivity contribution in [3.05, 3.63) is 63.7 Å². The molecule has 0 radical (unpaired) electrons. The minimum absolute atomic E-state index is 0.0509. The number of carboxylic acid groups (broad SMARTS) is 1. The molecule has 0 amide bonds. The van der Waals surface area contributed by atoms with Crippen LogP contribution in [0.2, 0.25) is 0 Å². The lowest BCUT2D eigenvalue weighted by Gasteiger charge is -2.08. The number of nitro groups is 1. The van der Waals surface area contributed by atoms with E-state index in [-0.39, 0.29) is 5.69 Å². The molecular weight excluding hydrogens is 274 g/mol. The Bertz CT molecular complexity index is 765. The minimum atomic E-state index is -1.38. The summed E-state index contributed by atoms with van der Waals surface area (Å²) in [5, 5.41) is 31.7. The van der Waals surface area contributed by atoms with Crippen LogP contribution in [-0.2, 0) is 0 Å². The average Bonchev–Trinajstić information content (AvgIpc) is 2.46. The van der Waals surface area contributed by atoms with Crippen molar-refractivity contribution in [2.24, 2.45) is 0 Å². The van der Waals surface area contributed by atoms with Crippen molar-refractivity contribution < 1.29 is 14.8 Å². The van der Waals surface area contributed by atoms with Crippen molar-refractivity contribution in [2.75, 3.05) is 5.32 Å². The lowest BCUT2D eigenvalue weighted by atomic mass is 10.1. The van der Waals surface area contributed by atoms with E-state index in [4.69, 9.17) is 10.4 Å². The fourth-order valence-electron chi connectivity index (χ4n) is 1.84. The molecule has 0 heterocycles. The predicted octanol–water partition coefficient (Wildman–Crippen LogP) is 2.91. The summed E-state index contributed by atoms with van der Waals surface area (Å²) >= 11 is 0. The zero-order valence-corrected chi connectivity index (χ0v) is 10.6. The van der Waals surface area contributed by atoms with Crippen LogP contribution < -0.4 is 5.32 Å². The number of nitrogens with zero attached hydrogens (tertiary/aromatic N) is 2. The molecule has 2 aromatic rings. The Labute approximate surface area is 119 Å². The number of hydrogen-bond donors (Lipinski definition) is 2. The molecule has 2 N–H and O–H groups in total. The van der Waals surface area contributed by atoms with Crippen LogP contribution >= 0.6 is 0 Å². The monoisotopic (exact) mass is 283 g/mol. The molecule has 0 aliphatic rings. The summed E-state index contributed by atoms with van der Waals surface area (Å²) < 4.78 is 0. The second kappa shape index (κ2) is 5.71. The van der Waals surface area contributed by atoms with Gasteiger partial charge >= 0.3 is 11.7 Å². The van der Waals surface area contributed by atoms with Crippen molar-refractivity contribution in [1.82, 2.24) is 0 Å². The van der Waals surface area contributed by atoms with Gasteiger partial charge in [0.1, 0.15) is 11.3 Å². The van der Waals surface area contributed by atoms with Gasteiger partial charge in [-0.2, -0.15) is 5.26 Å². The summed E-state index contributed by atoms with van der Waals surface area (Å²) in [6, 6.07) is 12.3. The van der Waals surface area contributed by atoms with E-state index in [0.29, 0.717) is 11.3 Å². The number of nitrogens with one attached hydrogen (secondary N) is 1. The van der Waals surface area contributed by atoms with E-state index in [1.54, 1.807) is 18.2 Å². The predicted molar refractivity (Wildman–Crippen MR) is 74.5 cm³/mol. The summed E-state index contributed by atoms with van der Waals surface area (Å²) in [7, 11) is 0. The molecular formula is C14H9N3O4. The molecule has 2 rings (SSSR count). The van der Waals surface area contributed by atoms with E-state index < -0.39 is 22.1 Å². The van der Waals surface area contributed by atoms with Gasteiger partial charge < -0.3 is 10.4 Å². The molecule has 2 aromatic carbocycles. The number of nitriles is 1. The Morgan fingerprint density at radius 3 is 2.62 bits per heavy atom. The largest absolute Gasteiger partial charge is 0.477 e. The van der Waals surface area contributed by atoms with E-state index in [9.17, 15) is 14.9 Å². The third kappa shape index (κ3) is 2.96. The van der Waals surface area contributed by atoms with E-state index >= 15 is 0 Å². The number of hydrogen-bond acceptors (Lipinski definition) is 5. The number of nitro benzene ring substituents is 1. The minimum Gasteiger partial charge on any atom is -0.477 e.